The van der Waals surface area contributed by atoms with E-state index < -0.39 is 12.1 Å². The molecule has 0 aromatic heterocycles. The highest BCUT2D eigenvalue weighted by Gasteiger charge is 2.30. The van der Waals surface area contributed by atoms with E-state index in [2.05, 4.69) is 16.2 Å². The normalized spacial score (nSPS) is 20.5. The second-order valence-electron chi connectivity index (χ2n) is 6.20. The van der Waals surface area contributed by atoms with Crippen molar-refractivity contribution in [2.45, 2.75) is 24.5 Å². The lowest BCUT2D eigenvalue weighted by Gasteiger charge is -2.19. The van der Waals surface area contributed by atoms with Gasteiger partial charge in [-0.25, -0.2) is 9.82 Å². The molecule has 2 aromatic rings. The van der Waals surface area contributed by atoms with Crippen LogP contribution in [0.2, 0.25) is 0 Å². The quantitative estimate of drug-likeness (QED) is 0.599. The molecule has 0 saturated carbocycles. The number of hydrogen-bond donors (Lipinski definition) is 4. The average molecular weight is 359 g/mol. The van der Waals surface area contributed by atoms with Crippen molar-refractivity contribution in [2.75, 3.05) is 13.2 Å². The maximum absolute atomic E-state index is 13.1. The van der Waals surface area contributed by atoms with Crippen LogP contribution in [0.25, 0.3) is 0 Å². The van der Waals surface area contributed by atoms with E-state index in [1.807, 2.05) is 30.3 Å². The van der Waals surface area contributed by atoms with E-state index in [1.54, 1.807) is 12.1 Å². The lowest BCUT2D eigenvalue weighted by Crippen LogP contribution is -2.45. The van der Waals surface area contributed by atoms with E-state index in [0.29, 0.717) is 18.8 Å². The molecule has 2 aromatic carbocycles. The molecule has 26 heavy (non-hydrogen) atoms. The molecular weight excluding hydrogens is 337 g/mol. The number of benzene rings is 2. The van der Waals surface area contributed by atoms with Gasteiger partial charge in [0.1, 0.15) is 24.2 Å². The fraction of sp³-hybridized carbons (Fsp3) is 0.316. The van der Waals surface area contributed by atoms with Gasteiger partial charge in [0.05, 0.1) is 18.7 Å². The Balaban J connectivity index is 1.49. The highest BCUT2D eigenvalue weighted by Crippen LogP contribution is 2.15. The second kappa shape index (κ2) is 8.75. The molecule has 1 fully saturated rings. The largest absolute Gasteiger partial charge is 0.492 e. The zero-order chi connectivity index (χ0) is 18.4. The van der Waals surface area contributed by atoms with Crippen molar-refractivity contribution in [2.24, 2.45) is 0 Å². The number of ether oxygens (including phenoxy) is 1. The molecule has 6 nitrogen and oxygen atoms in total. The van der Waals surface area contributed by atoms with Gasteiger partial charge in [-0.3, -0.25) is 10.2 Å². The summed E-state index contributed by atoms with van der Waals surface area (Å²) in [5.41, 5.74) is 6.80. The molecule has 1 saturated heterocycles. The van der Waals surface area contributed by atoms with Crippen molar-refractivity contribution in [1.29, 1.82) is 0 Å². The number of nitrogens with one attached hydrogen (secondary N) is 3. The SMILES string of the molecule is O=C(N[C@H](CO)c1ccccc1)C1CC(COc2cccc(F)c2)NN1. The molecule has 138 valence electrons. The van der Waals surface area contributed by atoms with E-state index in [9.17, 15) is 14.3 Å². The molecule has 2 unspecified atom stereocenters. The number of carbonyl (C=O) groups is 1. The highest BCUT2D eigenvalue weighted by molar-refractivity contribution is 5.82. The molecule has 0 spiro atoms. The number of hydrogen-bond acceptors (Lipinski definition) is 5. The predicted molar refractivity (Wildman–Crippen MR) is 94.8 cm³/mol. The molecule has 0 aliphatic carbocycles. The summed E-state index contributed by atoms with van der Waals surface area (Å²) in [6.45, 7) is 0.129. The van der Waals surface area contributed by atoms with Gasteiger partial charge in [-0.15, -0.1) is 0 Å². The second-order valence-corrected chi connectivity index (χ2v) is 6.20. The van der Waals surface area contributed by atoms with Crippen LogP contribution in [0.4, 0.5) is 4.39 Å². The number of carbonyl (C=O) groups excluding carboxylic acids is 1. The van der Waals surface area contributed by atoms with Crippen LogP contribution in [-0.4, -0.2) is 36.3 Å². The zero-order valence-corrected chi connectivity index (χ0v) is 14.2. The van der Waals surface area contributed by atoms with Gasteiger partial charge < -0.3 is 15.2 Å². The first kappa shape index (κ1) is 18.3. The summed E-state index contributed by atoms with van der Waals surface area (Å²) >= 11 is 0. The number of rotatable bonds is 7. The van der Waals surface area contributed by atoms with Gasteiger partial charge in [-0.2, -0.15) is 0 Å². The van der Waals surface area contributed by atoms with Crippen LogP contribution < -0.4 is 20.9 Å². The van der Waals surface area contributed by atoms with Crippen LogP contribution in [0, 0.1) is 5.82 Å². The Kier molecular flexibility index (Phi) is 6.17. The fourth-order valence-electron chi connectivity index (χ4n) is 2.85. The molecule has 0 bridgehead atoms. The van der Waals surface area contributed by atoms with Crippen molar-refractivity contribution >= 4 is 5.91 Å². The zero-order valence-electron chi connectivity index (χ0n) is 14.2. The summed E-state index contributed by atoms with van der Waals surface area (Å²) in [7, 11) is 0. The van der Waals surface area contributed by atoms with Gasteiger partial charge >= 0.3 is 0 Å². The van der Waals surface area contributed by atoms with Crippen LogP contribution in [0.1, 0.15) is 18.0 Å². The Morgan fingerprint density at radius 1 is 1.23 bits per heavy atom. The predicted octanol–water partition coefficient (Wildman–Crippen LogP) is 1.29. The monoisotopic (exact) mass is 359 g/mol. The van der Waals surface area contributed by atoms with Crippen LogP contribution in [0.3, 0.4) is 0 Å². The van der Waals surface area contributed by atoms with E-state index in [1.165, 1.54) is 12.1 Å². The van der Waals surface area contributed by atoms with Gasteiger partial charge in [0.25, 0.3) is 0 Å². The Bertz CT molecular complexity index is 729. The van der Waals surface area contributed by atoms with Crippen molar-refractivity contribution in [3.8, 4) is 5.75 Å². The first-order valence-electron chi connectivity index (χ1n) is 8.51. The Morgan fingerprint density at radius 2 is 2.04 bits per heavy atom. The minimum absolute atomic E-state index is 0.0849. The van der Waals surface area contributed by atoms with Crippen LogP contribution in [0.15, 0.2) is 54.6 Å². The molecule has 0 radical (unpaired) electrons. The van der Waals surface area contributed by atoms with Gasteiger partial charge in [0.2, 0.25) is 5.91 Å². The van der Waals surface area contributed by atoms with Gasteiger partial charge in [-0.1, -0.05) is 36.4 Å². The van der Waals surface area contributed by atoms with Crippen molar-refractivity contribution < 1.29 is 19.0 Å². The Hall–Kier alpha value is -2.48. The molecule has 7 heteroatoms. The van der Waals surface area contributed by atoms with Crippen molar-refractivity contribution in [3.63, 3.8) is 0 Å². The van der Waals surface area contributed by atoms with Gasteiger partial charge in [0, 0.05) is 6.07 Å². The maximum atomic E-state index is 13.1. The number of aliphatic hydroxyl groups is 1. The lowest BCUT2D eigenvalue weighted by molar-refractivity contribution is -0.124. The first-order chi connectivity index (χ1) is 12.7. The molecule has 1 aliphatic heterocycles. The third kappa shape index (κ3) is 4.78. The summed E-state index contributed by atoms with van der Waals surface area (Å²) in [5.74, 6) is -0.106. The van der Waals surface area contributed by atoms with E-state index in [-0.39, 0.29) is 24.4 Å². The van der Waals surface area contributed by atoms with Crippen LogP contribution in [-0.2, 0) is 4.79 Å². The van der Waals surface area contributed by atoms with E-state index in [4.69, 9.17) is 4.74 Å². The van der Waals surface area contributed by atoms with E-state index >= 15 is 0 Å². The van der Waals surface area contributed by atoms with Crippen LogP contribution >= 0.6 is 0 Å². The first-order valence-corrected chi connectivity index (χ1v) is 8.51. The molecule has 4 N–H and O–H groups in total. The summed E-state index contributed by atoms with van der Waals surface area (Å²) in [4.78, 5) is 12.4. The fourth-order valence-corrected chi connectivity index (χ4v) is 2.85. The minimum atomic E-state index is -0.451. The Labute approximate surface area is 151 Å². The Morgan fingerprint density at radius 3 is 2.77 bits per heavy atom. The number of halogens is 1. The lowest BCUT2D eigenvalue weighted by atomic mass is 10.1. The molecule has 1 amide bonds. The van der Waals surface area contributed by atoms with Crippen LogP contribution in [0.5, 0.6) is 5.75 Å². The molecule has 1 aliphatic rings. The molecule has 3 atom stereocenters. The topological polar surface area (TPSA) is 82.6 Å². The summed E-state index contributed by atoms with van der Waals surface area (Å²) in [6, 6.07) is 14.3. The smallest absolute Gasteiger partial charge is 0.239 e. The number of hydrazine groups is 1. The van der Waals surface area contributed by atoms with Gasteiger partial charge in [-0.05, 0) is 24.1 Å². The summed E-state index contributed by atoms with van der Waals surface area (Å²) < 4.78 is 18.7. The van der Waals surface area contributed by atoms with Gasteiger partial charge in [0.15, 0.2) is 0 Å². The maximum Gasteiger partial charge on any atom is 0.239 e. The van der Waals surface area contributed by atoms with Crippen molar-refractivity contribution in [3.05, 3.63) is 66.0 Å². The van der Waals surface area contributed by atoms with E-state index in [0.717, 1.165) is 5.56 Å². The highest BCUT2D eigenvalue weighted by atomic mass is 19.1. The third-order valence-corrected chi connectivity index (χ3v) is 4.25. The molecule has 1 heterocycles. The minimum Gasteiger partial charge on any atom is -0.492 e. The summed E-state index contributed by atoms with van der Waals surface area (Å²) in [5, 5.41) is 12.4. The number of aliphatic hydroxyl groups excluding tert-OH is 1. The number of amides is 1. The average Bonchev–Trinajstić information content (AvgIpc) is 3.14. The standard InChI is InChI=1S/C19H22FN3O3/c20-14-7-4-8-16(9-14)26-12-15-10-17(23-22-15)19(25)21-18(11-24)13-5-2-1-3-6-13/h1-9,15,17-18,22-24H,10-12H2,(H,21,25)/t15?,17?,18-/m1/s1. The molecule has 3 rings (SSSR count). The molecular formula is C19H22FN3O3. The van der Waals surface area contributed by atoms with Crippen molar-refractivity contribution in [1.82, 2.24) is 16.2 Å². The third-order valence-electron chi connectivity index (χ3n) is 4.25. The summed E-state index contributed by atoms with van der Waals surface area (Å²) in [6.07, 6.45) is 0.522.